The zero-order valence-electron chi connectivity index (χ0n) is 12.4. The molecular formula is C17H15FN2O3. The fraction of sp³-hybridized carbons (Fsp3) is 0.176. The number of ether oxygens (including phenoxy) is 1. The fourth-order valence-electron chi connectivity index (χ4n) is 2.28. The smallest absolute Gasteiger partial charge is 0.265 e. The first-order valence-corrected chi connectivity index (χ1v) is 7.17. The minimum absolute atomic E-state index is 0.136. The number of halogens is 1. The third kappa shape index (κ3) is 3.48. The molecule has 1 heterocycles. The van der Waals surface area contributed by atoms with Gasteiger partial charge in [-0.2, -0.15) is 0 Å². The van der Waals surface area contributed by atoms with Crippen LogP contribution in [0.3, 0.4) is 0 Å². The van der Waals surface area contributed by atoms with Gasteiger partial charge >= 0.3 is 0 Å². The van der Waals surface area contributed by atoms with Crippen LogP contribution in [-0.2, 0) is 16.0 Å². The average molecular weight is 314 g/mol. The van der Waals surface area contributed by atoms with Crippen molar-refractivity contribution in [1.29, 1.82) is 0 Å². The molecule has 0 bridgehead atoms. The van der Waals surface area contributed by atoms with Crippen molar-refractivity contribution in [3.63, 3.8) is 0 Å². The van der Waals surface area contributed by atoms with Crippen LogP contribution in [0.5, 0.6) is 5.75 Å². The topological polar surface area (TPSA) is 67.4 Å². The van der Waals surface area contributed by atoms with Crippen molar-refractivity contribution in [1.82, 2.24) is 0 Å². The van der Waals surface area contributed by atoms with Gasteiger partial charge in [0.2, 0.25) is 5.91 Å². The molecule has 0 unspecified atom stereocenters. The van der Waals surface area contributed by atoms with Crippen LogP contribution >= 0.6 is 0 Å². The Kier molecular flexibility index (Phi) is 3.97. The van der Waals surface area contributed by atoms with Crippen molar-refractivity contribution in [3.8, 4) is 5.75 Å². The van der Waals surface area contributed by atoms with Crippen molar-refractivity contribution in [2.24, 2.45) is 0 Å². The van der Waals surface area contributed by atoms with Crippen molar-refractivity contribution >= 4 is 23.2 Å². The first-order chi connectivity index (χ1) is 11.0. The van der Waals surface area contributed by atoms with Crippen LogP contribution in [0, 0.1) is 5.82 Å². The summed E-state index contributed by atoms with van der Waals surface area (Å²) in [4.78, 5) is 23.6. The van der Waals surface area contributed by atoms with Gasteiger partial charge in [0.05, 0.1) is 12.1 Å². The maximum absolute atomic E-state index is 12.8. The second-order valence-corrected chi connectivity index (χ2v) is 5.31. The lowest BCUT2D eigenvalue weighted by Crippen LogP contribution is -2.34. The molecule has 2 N–H and O–H groups in total. The predicted octanol–water partition coefficient (Wildman–Crippen LogP) is 2.73. The molecule has 2 amide bonds. The number of hydrogen-bond donors (Lipinski definition) is 2. The second-order valence-electron chi connectivity index (χ2n) is 5.31. The predicted molar refractivity (Wildman–Crippen MR) is 83.9 cm³/mol. The van der Waals surface area contributed by atoms with E-state index in [-0.39, 0.29) is 24.1 Å². The zero-order valence-corrected chi connectivity index (χ0v) is 12.4. The highest BCUT2D eigenvalue weighted by Crippen LogP contribution is 2.32. The average Bonchev–Trinajstić information content (AvgIpc) is 2.51. The SMILES string of the molecule is C[C@H]1Oc2ccc(NC(=O)Cc3ccc(F)cc3)cc2NC1=O. The monoisotopic (exact) mass is 314 g/mol. The second kappa shape index (κ2) is 6.08. The van der Waals surface area contributed by atoms with Gasteiger partial charge in [0.1, 0.15) is 11.6 Å². The van der Waals surface area contributed by atoms with Gasteiger partial charge in [0.15, 0.2) is 6.10 Å². The summed E-state index contributed by atoms with van der Waals surface area (Å²) < 4.78 is 18.3. The van der Waals surface area contributed by atoms with Gasteiger partial charge in [-0.05, 0) is 42.8 Å². The lowest BCUT2D eigenvalue weighted by molar-refractivity contribution is -0.122. The molecule has 0 aromatic heterocycles. The first-order valence-electron chi connectivity index (χ1n) is 7.17. The summed E-state index contributed by atoms with van der Waals surface area (Å²) in [6, 6.07) is 10.8. The molecule has 0 aliphatic carbocycles. The van der Waals surface area contributed by atoms with E-state index in [1.165, 1.54) is 12.1 Å². The molecule has 5 nitrogen and oxygen atoms in total. The third-order valence-electron chi connectivity index (χ3n) is 3.47. The summed E-state index contributed by atoms with van der Waals surface area (Å²) in [5.74, 6) is -0.234. The molecule has 0 fully saturated rings. The van der Waals surface area contributed by atoms with Gasteiger partial charge in [-0.1, -0.05) is 12.1 Å². The molecule has 6 heteroatoms. The van der Waals surface area contributed by atoms with Crippen LogP contribution in [0.4, 0.5) is 15.8 Å². The van der Waals surface area contributed by atoms with Gasteiger partial charge < -0.3 is 15.4 Å². The Morgan fingerprint density at radius 1 is 1.26 bits per heavy atom. The number of anilines is 2. The molecule has 1 aliphatic rings. The number of fused-ring (bicyclic) bond motifs is 1. The summed E-state index contributed by atoms with van der Waals surface area (Å²) in [6.45, 7) is 1.66. The molecule has 0 saturated carbocycles. The molecule has 0 radical (unpaired) electrons. The maximum atomic E-state index is 12.8. The number of carbonyl (C=O) groups excluding carboxylic acids is 2. The first kappa shape index (κ1) is 15.0. The summed E-state index contributed by atoms with van der Waals surface area (Å²) in [5, 5.41) is 5.46. The molecule has 23 heavy (non-hydrogen) atoms. The normalized spacial score (nSPS) is 16.1. The van der Waals surface area contributed by atoms with Crippen LogP contribution in [0.25, 0.3) is 0 Å². The van der Waals surface area contributed by atoms with E-state index in [4.69, 9.17) is 4.74 Å². The summed E-state index contributed by atoms with van der Waals surface area (Å²) in [6.07, 6.45) is -0.404. The Labute approximate surface area is 132 Å². The summed E-state index contributed by atoms with van der Waals surface area (Å²) >= 11 is 0. The van der Waals surface area contributed by atoms with Crippen LogP contribution in [-0.4, -0.2) is 17.9 Å². The van der Waals surface area contributed by atoms with E-state index in [1.807, 2.05) is 0 Å². The number of amides is 2. The van der Waals surface area contributed by atoms with E-state index in [0.717, 1.165) is 0 Å². The van der Waals surface area contributed by atoms with Gasteiger partial charge in [0.25, 0.3) is 5.91 Å². The number of benzene rings is 2. The van der Waals surface area contributed by atoms with Crippen LogP contribution in [0.1, 0.15) is 12.5 Å². The largest absolute Gasteiger partial charge is 0.479 e. The molecule has 1 aliphatic heterocycles. The molecule has 1 atom stereocenters. The third-order valence-corrected chi connectivity index (χ3v) is 3.47. The van der Waals surface area contributed by atoms with Gasteiger partial charge in [-0.25, -0.2) is 4.39 Å². The van der Waals surface area contributed by atoms with Gasteiger partial charge in [0, 0.05) is 5.69 Å². The number of rotatable bonds is 3. The lowest BCUT2D eigenvalue weighted by Gasteiger charge is -2.23. The molecule has 3 rings (SSSR count). The Bertz CT molecular complexity index is 759. The summed E-state index contributed by atoms with van der Waals surface area (Å²) in [7, 11) is 0. The summed E-state index contributed by atoms with van der Waals surface area (Å²) in [5.41, 5.74) is 1.79. The zero-order chi connectivity index (χ0) is 16.4. The van der Waals surface area contributed by atoms with Crippen molar-refractivity contribution in [2.45, 2.75) is 19.4 Å². The molecule has 0 spiro atoms. The number of carbonyl (C=O) groups is 2. The van der Waals surface area contributed by atoms with Crippen molar-refractivity contribution in [3.05, 3.63) is 53.8 Å². The van der Waals surface area contributed by atoms with Crippen LogP contribution in [0.15, 0.2) is 42.5 Å². The van der Waals surface area contributed by atoms with Gasteiger partial charge in [-0.3, -0.25) is 9.59 Å². The van der Waals surface area contributed by atoms with E-state index in [1.54, 1.807) is 37.3 Å². The highest BCUT2D eigenvalue weighted by molar-refractivity contribution is 5.99. The van der Waals surface area contributed by atoms with Crippen LogP contribution in [0.2, 0.25) is 0 Å². The molecule has 2 aromatic rings. The Balaban J connectivity index is 1.68. The van der Waals surface area contributed by atoms with E-state index < -0.39 is 6.10 Å². The van der Waals surface area contributed by atoms with Gasteiger partial charge in [-0.15, -0.1) is 0 Å². The van der Waals surface area contributed by atoms with E-state index >= 15 is 0 Å². The molecular weight excluding hydrogens is 299 g/mol. The number of nitrogens with one attached hydrogen (secondary N) is 2. The standard InChI is InChI=1S/C17H15FN2O3/c1-10-17(22)20-14-9-13(6-7-15(14)23-10)19-16(21)8-11-2-4-12(18)5-3-11/h2-7,9-10H,8H2,1H3,(H,19,21)(H,20,22)/t10-/m1/s1. The quantitative estimate of drug-likeness (QED) is 0.915. The maximum Gasteiger partial charge on any atom is 0.265 e. The van der Waals surface area contributed by atoms with E-state index in [9.17, 15) is 14.0 Å². The Morgan fingerprint density at radius 2 is 2.00 bits per heavy atom. The number of hydrogen-bond acceptors (Lipinski definition) is 3. The van der Waals surface area contributed by atoms with Crippen LogP contribution < -0.4 is 15.4 Å². The molecule has 2 aromatic carbocycles. The Morgan fingerprint density at radius 3 is 2.74 bits per heavy atom. The van der Waals surface area contributed by atoms with Crippen molar-refractivity contribution < 1.29 is 18.7 Å². The lowest BCUT2D eigenvalue weighted by atomic mass is 10.1. The van der Waals surface area contributed by atoms with E-state index in [0.29, 0.717) is 22.7 Å². The Hall–Kier alpha value is -2.89. The minimum atomic E-state index is -0.540. The fourth-order valence-corrected chi connectivity index (χ4v) is 2.28. The van der Waals surface area contributed by atoms with Crippen molar-refractivity contribution in [2.75, 3.05) is 10.6 Å². The molecule has 118 valence electrons. The van der Waals surface area contributed by atoms with E-state index in [2.05, 4.69) is 10.6 Å². The molecule has 0 saturated heterocycles. The minimum Gasteiger partial charge on any atom is -0.479 e. The highest BCUT2D eigenvalue weighted by Gasteiger charge is 2.23. The highest BCUT2D eigenvalue weighted by atomic mass is 19.1.